The number of halogens is 1. The van der Waals surface area contributed by atoms with Gasteiger partial charge in [0.2, 0.25) is 5.28 Å². The largest absolute Gasteiger partial charge is 0.394 e. The second-order valence-corrected chi connectivity index (χ2v) is 4.51. The number of anilines is 2. The van der Waals surface area contributed by atoms with E-state index in [9.17, 15) is 0 Å². The molecular formula is C13H15ClN4O. The zero-order valence-corrected chi connectivity index (χ0v) is 11.3. The molecule has 0 aliphatic rings. The van der Waals surface area contributed by atoms with Gasteiger partial charge in [0.25, 0.3) is 0 Å². The van der Waals surface area contributed by atoms with E-state index in [4.69, 9.17) is 22.4 Å². The van der Waals surface area contributed by atoms with Gasteiger partial charge in [0.15, 0.2) is 5.82 Å². The van der Waals surface area contributed by atoms with Gasteiger partial charge in [0.1, 0.15) is 0 Å². The molecule has 1 heterocycles. The smallest absolute Gasteiger partial charge is 0.224 e. The lowest BCUT2D eigenvalue weighted by molar-refractivity contribution is 0.282. The molecule has 0 fully saturated rings. The number of benzene rings is 1. The first-order valence-corrected chi connectivity index (χ1v) is 6.20. The van der Waals surface area contributed by atoms with Crippen molar-refractivity contribution in [2.75, 3.05) is 11.1 Å². The van der Waals surface area contributed by atoms with Crippen molar-refractivity contribution < 1.29 is 5.11 Å². The maximum atomic E-state index is 8.97. The zero-order valence-electron chi connectivity index (χ0n) is 10.5. The van der Waals surface area contributed by atoms with E-state index in [1.807, 2.05) is 24.3 Å². The van der Waals surface area contributed by atoms with Crippen LogP contribution < -0.4 is 11.1 Å². The first kappa shape index (κ1) is 13.6. The zero-order chi connectivity index (χ0) is 13.8. The fourth-order valence-corrected chi connectivity index (χ4v) is 1.84. The maximum absolute atomic E-state index is 8.97. The Morgan fingerprint density at radius 1 is 1.21 bits per heavy atom. The van der Waals surface area contributed by atoms with Crippen LogP contribution in [0.25, 0.3) is 0 Å². The van der Waals surface area contributed by atoms with E-state index in [0.717, 1.165) is 11.1 Å². The van der Waals surface area contributed by atoms with Crippen LogP contribution in [0, 0.1) is 6.92 Å². The fourth-order valence-electron chi connectivity index (χ4n) is 1.63. The lowest BCUT2D eigenvalue weighted by Gasteiger charge is -2.10. The second-order valence-electron chi connectivity index (χ2n) is 4.17. The summed E-state index contributed by atoms with van der Waals surface area (Å²) in [5.74, 6) is 0.531. The third kappa shape index (κ3) is 3.33. The van der Waals surface area contributed by atoms with Gasteiger partial charge in [-0.05, 0) is 29.7 Å². The Morgan fingerprint density at radius 2 is 1.84 bits per heavy atom. The molecule has 6 heteroatoms. The molecule has 2 aromatic rings. The van der Waals surface area contributed by atoms with Crippen molar-refractivity contribution in [3.8, 4) is 0 Å². The molecule has 0 saturated carbocycles. The SMILES string of the molecule is Cc1nc(Cl)nc(NCc2ccc(CO)cc2)c1N. The van der Waals surface area contributed by atoms with E-state index in [-0.39, 0.29) is 11.9 Å². The summed E-state index contributed by atoms with van der Waals surface area (Å²) in [6.45, 7) is 2.40. The number of aliphatic hydroxyl groups is 1. The van der Waals surface area contributed by atoms with Gasteiger partial charge in [-0.25, -0.2) is 4.98 Å². The van der Waals surface area contributed by atoms with Gasteiger partial charge >= 0.3 is 0 Å². The number of nitrogen functional groups attached to an aromatic ring is 1. The summed E-state index contributed by atoms with van der Waals surface area (Å²) >= 11 is 5.80. The Morgan fingerprint density at radius 3 is 2.47 bits per heavy atom. The van der Waals surface area contributed by atoms with Crippen LogP contribution >= 0.6 is 11.6 Å². The Bertz CT molecular complexity index is 572. The Kier molecular flexibility index (Phi) is 4.19. The molecule has 0 aliphatic heterocycles. The number of hydrogen-bond acceptors (Lipinski definition) is 5. The van der Waals surface area contributed by atoms with Crippen molar-refractivity contribution in [2.45, 2.75) is 20.1 Å². The molecule has 0 radical (unpaired) electrons. The van der Waals surface area contributed by atoms with Crippen LogP contribution in [0.1, 0.15) is 16.8 Å². The highest BCUT2D eigenvalue weighted by Crippen LogP contribution is 2.21. The first-order chi connectivity index (χ1) is 9.10. The molecule has 19 heavy (non-hydrogen) atoms. The van der Waals surface area contributed by atoms with Crippen LogP contribution in [0.3, 0.4) is 0 Å². The molecule has 0 spiro atoms. The molecule has 100 valence electrons. The molecule has 1 aromatic carbocycles. The topological polar surface area (TPSA) is 84.1 Å². The second kappa shape index (κ2) is 5.86. The van der Waals surface area contributed by atoms with Gasteiger partial charge in [0, 0.05) is 6.54 Å². The Hall–Kier alpha value is -1.85. The summed E-state index contributed by atoms with van der Waals surface area (Å²) in [6.07, 6.45) is 0. The molecular weight excluding hydrogens is 264 g/mol. The molecule has 2 rings (SSSR count). The summed E-state index contributed by atoms with van der Waals surface area (Å²) in [4.78, 5) is 8.03. The van der Waals surface area contributed by atoms with Crippen LogP contribution in [0.4, 0.5) is 11.5 Å². The quantitative estimate of drug-likeness (QED) is 0.746. The van der Waals surface area contributed by atoms with E-state index in [1.165, 1.54) is 0 Å². The van der Waals surface area contributed by atoms with E-state index in [1.54, 1.807) is 6.92 Å². The van der Waals surface area contributed by atoms with Crippen LogP contribution in [0.15, 0.2) is 24.3 Å². The van der Waals surface area contributed by atoms with Gasteiger partial charge in [0.05, 0.1) is 18.0 Å². The van der Waals surface area contributed by atoms with Crippen LogP contribution in [-0.2, 0) is 13.2 Å². The van der Waals surface area contributed by atoms with Gasteiger partial charge in [-0.1, -0.05) is 24.3 Å². The number of aliphatic hydroxyl groups excluding tert-OH is 1. The molecule has 4 N–H and O–H groups in total. The number of nitrogens with one attached hydrogen (secondary N) is 1. The van der Waals surface area contributed by atoms with E-state index >= 15 is 0 Å². The highest BCUT2D eigenvalue weighted by molar-refractivity contribution is 6.28. The van der Waals surface area contributed by atoms with Crippen molar-refractivity contribution in [3.63, 3.8) is 0 Å². The summed E-state index contributed by atoms with van der Waals surface area (Å²) in [6, 6.07) is 7.62. The predicted molar refractivity (Wildman–Crippen MR) is 75.9 cm³/mol. The number of nitrogens with two attached hydrogens (primary N) is 1. The van der Waals surface area contributed by atoms with Gasteiger partial charge < -0.3 is 16.2 Å². The maximum Gasteiger partial charge on any atom is 0.224 e. The average molecular weight is 279 g/mol. The van der Waals surface area contributed by atoms with Crippen LogP contribution in [0.2, 0.25) is 5.28 Å². The highest BCUT2D eigenvalue weighted by atomic mass is 35.5. The van der Waals surface area contributed by atoms with E-state index in [2.05, 4.69) is 15.3 Å². The summed E-state index contributed by atoms with van der Waals surface area (Å²) in [5, 5.41) is 12.3. The normalized spacial score (nSPS) is 10.5. The lowest BCUT2D eigenvalue weighted by Crippen LogP contribution is -2.07. The number of nitrogens with zero attached hydrogens (tertiary/aromatic N) is 2. The van der Waals surface area contributed by atoms with Gasteiger partial charge in [-0.3, -0.25) is 0 Å². The minimum Gasteiger partial charge on any atom is -0.394 e. The third-order valence-electron chi connectivity index (χ3n) is 2.77. The monoisotopic (exact) mass is 278 g/mol. The Labute approximate surface area is 116 Å². The molecule has 0 atom stereocenters. The van der Waals surface area contributed by atoms with Crippen molar-refractivity contribution in [1.29, 1.82) is 0 Å². The summed E-state index contributed by atoms with van der Waals surface area (Å²) in [7, 11) is 0. The predicted octanol–water partition coefficient (Wildman–Crippen LogP) is 2.13. The number of hydrogen-bond donors (Lipinski definition) is 3. The van der Waals surface area contributed by atoms with Crippen molar-refractivity contribution in [2.24, 2.45) is 0 Å². The van der Waals surface area contributed by atoms with E-state index < -0.39 is 0 Å². The minimum absolute atomic E-state index is 0.0430. The molecule has 5 nitrogen and oxygen atoms in total. The minimum atomic E-state index is 0.0430. The third-order valence-corrected chi connectivity index (χ3v) is 2.94. The summed E-state index contributed by atoms with van der Waals surface area (Å²) < 4.78 is 0. The summed E-state index contributed by atoms with van der Waals surface area (Å²) in [5.41, 5.74) is 8.97. The van der Waals surface area contributed by atoms with Crippen molar-refractivity contribution in [1.82, 2.24) is 9.97 Å². The molecule has 1 aromatic heterocycles. The van der Waals surface area contributed by atoms with Crippen LogP contribution in [-0.4, -0.2) is 15.1 Å². The number of aryl methyl sites for hydroxylation is 1. The lowest BCUT2D eigenvalue weighted by atomic mass is 10.1. The molecule has 0 unspecified atom stereocenters. The first-order valence-electron chi connectivity index (χ1n) is 5.82. The van der Waals surface area contributed by atoms with E-state index in [0.29, 0.717) is 23.7 Å². The molecule has 0 saturated heterocycles. The van der Waals surface area contributed by atoms with Gasteiger partial charge in [-0.15, -0.1) is 0 Å². The molecule has 0 amide bonds. The standard InChI is InChI=1S/C13H15ClN4O/c1-8-11(15)12(18-13(14)17-8)16-6-9-2-4-10(7-19)5-3-9/h2-5,19H,6-7,15H2,1H3,(H,16,17,18). The average Bonchev–Trinajstić information content (AvgIpc) is 2.41. The Balaban J connectivity index is 2.09. The number of aromatic nitrogens is 2. The van der Waals surface area contributed by atoms with Crippen molar-refractivity contribution in [3.05, 3.63) is 46.4 Å². The molecule has 0 bridgehead atoms. The van der Waals surface area contributed by atoms with Crippen molar-refractivity contribution >= 4 is 23.1 Å². The molecule has 0 aliphatic carbocycles. The van der Waals surface area contributed by atoms with Gasteiger partial charge in [-0.2, -0.15) is 4.98 Å². The fraction of sp³-hybridized carbons (Fsp3) is 0.231. The number of rotatable bonds is 4. The highest BCUT2D eigenvalue weighted by Gasteiger charge is 2.07. The van der Waals surface area contributed by atoms with Crippen LogP contribution in [0.5, 0.6) is 0 Å².